The Morgan fingerprint density at radius 3 is 2.52 bits per heavy atom. The summed E-state index contributed by atoms with van der Waals surface area (Å²) >= 11 is 7.76. The van der Waals surface area contributed by atoms with Gasteiger partial charge >= 0.3 is 5.97 Å². The number of aromatic carboxylic acids is 1. The molecule has 1 aliphatic heterocycles. The number of carbonyl (C=O) groups is 2. The number of benzene rings is 4. The highest BCUT2D eigenvalue weighted by Gasteiger charge is 2.32. The molecule has 12 heteroatoms. The number of thiazole rings is 1. The maximum atomic E-state index is 14.1. The highest BCUT2D eigenvalue weighted by molar-refractivity contribution is 7.07. The number of nitrogens with one attached hydrogen (secondary N) is 1. The standard InChI is InChI=1S/C36H27ClFN3O6S/c1-20-30(33(42)40-26-9-4-3-5-10-26)31(23-11-13-25(38)14-12-23)41-34(43)29(48-36(41)39-20)18-22-16-27(37)32(28(17-22)46-2)47-19-21-7-6-8-24(15-21)35(44)45/h3-18,31H,19H2,1-2H3,(H,40,42)(H,44,45)/b29-18+/t31-/m0/s1. The number of carboxylic acid groups (broad SMARTS) is 1. The maximum Gasteiger partial charge on any atom is 0.335 e. The number of rotatable bonds is 9. The van der Waals surface area contributed by atoms with Crippen molar-refractivity contribution in [2.24, 2.45) is 4.99 Å². The molecule has 0 unspecified atom stereocenters. The number of carboxylic acids is 1. The van der Waals surface area contributed by atoms with E-state index in [9.17, 15) is 23.9 Å². The number of methoxy groups -OCH3 is 1. The Bertz CT molecular complexity index is 2270. The van der Waals surface area contributed by atoms with Crippen LogP contribution in [-0.2, 0) is 11.4 Å². The average Bonchev–Trinajstić information content (AvgIpc) is 3.37. The Balaban J connectivity index is 1.38. The summed E-state index contributed by atoms with van der Waals surface area (Å²) in [6.45, 7) is 1.74. The summed E-state index contributed by atoms with van der Waals surface area (Å²) < 4.78 is 27.2. The van der Waals surface area contributed by atoms with Gasteiger partial charge in [0.2, 0.25) is 0 Å². The van der Waals surface area contributed by atoms with Gasteiger partial charge in [-0.1, -0.05) is 65.4 Å². The summed E-state index contributed by atoms with van der Waals surface area (Å²) in [6, 6.07) is 23.4. The van der Waals surface area contributed by atoms with Gasteiger partial charge in [0.05, 0.1) is 39.5 Å². The molecular formula is C36H27ClFN3O6S. The van der Waals surface area contributed by atoms with Crippen LogP contribution in [0.3, 0.4) is 0 Å². The van der Waals surface area contributed by atoms with Gasteiger partial charge in [-0.15, -0.1) is 0 Å². The van der Waals surface area contributed by atoms with E-state index in [4.69, 9.17) is 21.1 Å². The van der Waals surface area contributed by atoms with Crippen molar-refractivity contribution in [1.29, 1.82) is 0 Å². The minimum absolute atomic E-state index is 0.0397. The predicted octanol–water partition coefficient (Wildman–Crippen LogP) is 5.95. The van der Waals surface area contributed by atoms with E-state index in [2.05, 4.69) is 10.3 Å². The van der Waals surface area contributed by atoms with Gasteiger partial charge in [0.1, 0.15) is 12.4 Å². The molecule has 1 amide bonds. The summed E-state index contributed by atoms with van der Waals surface area (Å²) in [5.74, 6) is -1.38. The second-order valence-corrected chi connectivity index (χ2v) is 12.2. The van der Waals surface area contributed by atoms with Crippen molar-refractivity contribution in [3.63, 3.8) is 0 Å². The Morgan fingerprint density at radius 2 is 1.81 bits per heavy atom. The molecule has 0 radical (unpaired) electrons. The predicted molar refractivity (Wildman–Crippen MR) is 181 cm³/mol. The number of aromatic nitrogens is 1. The zero-order valence-corrected chi connectivity index (χ0v) is 27.1. The first-order chi connectivity index (χ1) is 23.1. The second kappa shape index (κ2) is 13.7. The Hall–Kier alpha value is -5.52. The number of allylic oxidation sites excluding steroid dienone is 1. The van der Waals surface area contributed by atoms with Gasteiger partial charge in [0.15, 0.2) is 16.3 Å². The normalized spacial score (nSPS) is 14.2. The maximum absolute atomic E-state index is 14.1. The van der Waals surface area contributed by atoms with E-state index >= 15 is 0 Å². The van der Waals surface area contributed by atoms with Crippen LogP contribution in [0.25, 0.3) is 6.08 Å². The van der Waals surface area contributed by atoms with Crippen molar-refractivity contribution < 1.29 is 28.6 Å². The zero-order chi connectivity index (χ0) is 33.9. The second-order valence-electron chi connectivity index (χ2n) is 10.8. The molecule has 48 heavy (non-hydrogen) atoms. The molecule has 0 saturated carbocycles. The van der Waals surface area contributed by atoms with Gasteiger partial charge in [-0.05, 0) is 78.2 Å². The lowest BCUT2D eigenvalue weighted by Crippen LogP contribution is -2.40. The summed E-state index contributed by atoms with van der Waals surface area (Å²) in [4.78, 5) is 44.1. The molecular weight excluding hydrogens is 657 g/mol. The van der Waals surface area contributed by atoms with E-state index in [0.717, 1.165) is 11.3 Å². The van der Waals surface area contributed by atoms with Gasteiger partial charge in [-0.2, -0.15) is 0 Å². The molecule has 9 nitrogen and oxygen atoms in total. The lowest BCUT2D eigenvalue weighted by molar-refractivity contribution is -0.113. The van der Waals surface area contributed by atoms with Crippen LogP contribution >= 0.6 is 22.9 Å². The van der Waals surface area contributed by atoms with E-state index in [1.54, 1.807) is 73.7 Å². The summed E-state index contributed by atoms with van der Waals surface area (Å²) in [7, 11) is 1.45. The van der Waals surface area contributed by atoms with Crippen LogP contribution in [0.4, 0.5) is 10.1 Å². The smallest absolute Gasteiger partial charge is 0.335 e. The first-order valence-corrected chi connectivity index (χ1v) is 15.8. The Kier molecular flexibility index (Phi) is 9.24. The molecule has 5 aromatic rings. The number of nitrogens with zero attached hydrogens (tertiary/aromatic N) is 2. The van der Waals surface area contributed by atoms with E-state index in [-0.39, 0.29) is 28.5 Å². The molecule has 2 heterocycles. The highest BCUT2D eigenvalue weighted by Crippen LogP contribution is 2.37. The molecule has 0 saturated heterocycles. The number of hydrogen-bond acceptors (Lipinski definition) is 7. The van der Waals surface area contributed by atoms with Crippen LogP contribution in [-0.4, -0.2) is 28.7 Å². The lowest BCUT2D eigenvalue weighted by Gasteiger charge is -2.25. The minimum atomic E-state index is -1.05. The third-order valence-corrected chi connectivity index (χ3v) is 8.85. The molecule has 2 N–H and O–H groups in total. The first kappa shape index (κ1) is 32.4. The Labute approximate surface area is 282 Å². The fraction of sp³-hybridized carbons (Fsp3) is 0.111. The van der Waals surface area contributed by atoms with E-state index in [1.165, 1.54) is 35.9 Å². The molecule has 242 valence electrons. The van der Waals surface area contributed by atoms with Crippen molar-refractivity contribution in [1.82, 2.24) is 4.57 Å². The molecule has 0 spiro atoms. The van der Waals surface area contributed by atoms with Gasteiger partial charge in [0.25, 0.3) is 11.5 Å². The van der Waals surface area contributed by atoms with Crippen molar-refractivity contribution in [3.8, 4) is 11.5 Å². The van der Waals surface area contributed by atoms with Crippen LogP contribution < -0.4 is 29.7 Å². The van der Waals surface area contributed by atoms with Gasteiger partial charge in [-0.25, -0.2) is 14.2 Å². The number of amides is 1. The summed E-state index contributed by atoms with van der Waals surface area (Å²) in [5, 5.41) is 12.4. The number of para-hydroxylation sites is 1. The van der Waals surface area contributed by atoms with Crippen LogP contribution in [0, 0.1) is 5.82 Å². The number of hydrogen-bond donors (Lipinski definition) is 2. The SMILES string of the molecule is COc1cc(/C=c2/sc3n(c2=O)[C@@H](c2ccc(F)cc2)C(C(=O)Nc2ccccc2)=C(C)N=3)cc(Cl)c1OCc1cccc(C(=O)O)c1. The van der Waals surface area contributed by atoms with Crippen molar-refractivity contribution in [2.45, 2.75) is 19.6 Å². The van der Waals surface area contributed by atoms with E-state index < -0.39 is 29.3 Å². The number of anilines is 1. The molecule has 0 aliphatic carbocycles. The monoisotopic (exact) mass is 683 g/mol. The largest absolute Gasteiger partial charge is 0.493 e. The molecule has 1 aliphatic rings. The fourth-order valence-corrected chi connectivity index (χ4v) is 6.68. The number of fused-ring (bicyclic) bond motifs is 1. The third kappa shape index (κ3) is 6.64. The van der Waals surface area contributed by atoms with Crippen LogP contribution in [0.15, 0.2) is 112 Å². The summed E-state index contributed by atoms with van der Waals surface area (Å²) in [5.41, 5.74) is 2.68. The molecule has 6 rings (SSSR count). The van der Waals surface area contributed by atoms with Crippen LogP contribution in [0.2, 0.25) is 5.02 Å². The molecule has 0 fully saturated rings. The topological polar surface area (TPSA) is 119 Å². The Morgan fingerprint density at radius 1 is 1.06 bits per heavy atom. The summed E-state index contributed by atoms with van der Waals surface area (Å²) in [6.07, 6.45) is 1.64. The van der Waals surface area contributed by atoms with Crippen molar-refractivity contribution >= 4 is 46.6 Å². The van der Waals surface area contributed by atoms with Crippen molar-refractivity contribution in [3.05, 3.63) is 155 Å². The molecule has 0 bridgehead atoms. The van der Waals surface area contributed by atoms with E-state index in [1.807, 2.05) is 6.07 Å². The van der Waals surface area contributed by atoms with E-state index in [0.29, 0.717) is 43.2 Å². The number of halogens is 2. The molecule has 1 atom stereocenters. The highest BCUT2D eigenvalue weighted by atomic mass is 35.5. The third-order valence-electron chi connectivity index (χ3n) is 7.59. The van der Waals surface area contributed by atoms with Crippen molar-refractivity contribution in [2.75, 3.05) is 12.4 Å². The van der Waals surface area contributed by atoms with Gasteiger partial charge in [0, 0.05) is 5.69 Å². The molecule has 4 aromatic carbocycles. The quantitative estimate of drug-likeness (QED) is 0.198. The van der Waals surface area contributed by atoms with Gasteiger partial charge in [-0.3, -0.25) is 14.2 Å². The zero-order valence-electron chi connectivity index (χ0n) is 25.6. The average molecular weight is 684 g/mol. The minimum Gasteiger partial charge on any atom is -0.493 e. The number of carbonyl (C=O) groups excluding carboxylic acids is 1. The number of ether oxygens (including phenoxy) is 2. The first-order valence-electron chi connectivity index (χ1n) is 14.6. The van der Waals surface area contributed by atoms with Gasteiger partial charge < -0.3 is 19.9 Å². The molecule has 1 aromatic heterocycles. The fourth-order valence-electron chi connectivity index (χ4n) is 5.36. The van der Waals surface area contributed by atoms with Crippen LogP contribution in [0.5, 0.6) is 11.5 Å². The lowest BCUT2D eigenvalue weighted by atomic mass is 9.95. The van der Waals surface area contributed by atoms with Crippen LogP contribution in [0.1, 0.15) is 40.0 Å².